The molecule has 0 radical (unpaired) electrons. The Labute approximate surface area is 303 Å². The van der Waals surface area contributed by atoms with Crippen LogP contribution in [0.5, 0.6) is 0 Å². The van der Waals surface area contributed by atoms with E-state index >= 15 is 0 Å². The molecule has 0 bridgehead atoms. The molecular weight excluding hydrogens is 732 g/mol. The fourth-order valence-corrected chi connectivity index (χ4v) is 7.54. The number of para-hydroxylation sites is 2. The van der Waals surface area contributed by atoms with Gasteiger partial charge >= 0.3 is 0 Å². The van der Waals surface area contributed by atoms with Crippen LogP contribution >= 0.6 is 28.3 Å². The van der Waals surface area contributed by atoms with Gasteiger partial charge in [-0.1, -0.05) is 96.2 Å². The molecular formula is C37H62ClN2P2PdSi2+. The molecule has 0 aliphatic carbocycles. The van der Waals surface area contributed by atoms with E-state index < -0.39 is 16.1 Å². The molecule has 2 aromatic carbocycles. The molecule has 2 aromatic rings. The van der Waals surface area contributed by atoms with Crippen molar-refractivity contribution in [1.82, 2.24) is 0 Å². The Bertz CT molecular complexity index is 1230. The topological polar surface area (TPSA) is 24.7 Å². The number of nitrogens with zero attached hydrogens (tertiary/aromatic N) is 2. The zero-order valence-corrected chi connectivity index (χ0v) is 36.8. The number of hydrogen-bond donors (Lipinski definition) is 0. The maximum Gasteiger partial charge on any atom is 0.129 e. The van der Waals surface area contributed by atoms with Crippen molar-refractivity contribution in [3.63, 3.8) is 0 Å². The van der Waals surface area contributed by atoms with Crippen LogP contribution in [-0.4, -0.2) is 65.0 Å². The van der Waals surface area contributed by atoms with Crippen LogP contribution in [0.3, 0.4) is 0 Å². The maximum atomic E-state index is 4.74. The largest absolute Gasteiger partial charge is 0.254 e. The fraction of sp³-hybridized carbons (Fsp3) is 0.514. The van der Waals surface area contributed by atoms with Crippen molar-refractivity contribution in [1.29, 1.82) is 0 Å². The summed E-state index contributed by atoms with van der Waals surface area (Å²) in [4.78, 5) is 9.39. The van der Waals surface area contributed by atoms with E-state index in [9.17, 15) is 0 Å². The van der Waals surface area contributed by atoms with Gasteiger partial charge in [0.2, 0.25) is 0 Å². The van der Waals surface area contributed by atoms with Gasteiger partial charge in [-0.05, 0) is 78.4 Å². The van der Waals surface area contributed by atoms with E-state index in [4.69, 9.17) is 4.99 Å². The molecule has 8 heteroatoms. The molecule has 0 aromatic heterocycles. The predicted octanol–water partition coefficient (Wildman–Crippen LogP) is 11.8. The van der Waals surface area contributed by atoms with Crippen LogP contribution in [0.4, 0.5) is 11.4 Å². The summed E-state index contributed by atoms with van der Waals surface area (Å²) in [6.45, 7) is 29.2. The second-order valence-corrected chi connectivity index (χ2v) is 28.8. The summed E-state index contributed by atoms with van der Waals surface area (Å²) in [6, 6.07) is 16.0. The van der Waals surface area contributed by atoms with Gasteiger partial charge in [-0.25, -0.2) is 0 Å². The van der Waals surface area contributed by atoms with Gasteiger partial charge in [0.25, 0.3) is 0 Å². The van der Waals surface area contributed by atoms with E-state index in [0.717, 1.165) is 28.2 Å². The molecule has 254 valence electrons. The average Bonchev–Trinajstić information content (AvgIpc) is 2.97. The number of aliphatic imine (C=N–C) groups is 2. The van der Waals surface area contributed by atoms with Crippen LogP contribution in [0.2, 0.25) is 39.3 Å². The third-order valence-electron chi connectivity index (χ3n) is 6.48. The van der Waals surface area contributed by atoms with Crippen molar-refractivity contribution in [2.24, 2.45) is 9.98 Å². The third kappa shape index (κ3) is 24.9. The number of benzene rings is 2. The quantitative estimate of drug-likeness (QED) is 0.105. The van der Waals surface area contributed by atoms with Crippen LogP contribution in [0.25, 0.3) is 0 Å². The molecule has 2 nitrogen and oxygen atoms in total. The van der Waals surface area contributed by atoms with E-state index in [1.54, 1.807) is 6.21 Å². The minimum Gasteiger partial charge on any atom is -0.254 e. The predicted molar refractivity (Wildman–Crippen MR) is 220 cm³/mol. The Balaban J connectivity index is -0.000000920. The van der Waals surface area contributed by atoms with E-state index in [-0.39, 0.29) is 40.8 Å². The monoisotopic (exact) mass is 793 g/mol. The van der Waals surface area contributed by atoms with Crippen LogP contribution in [0.1, 0.15) is 59.6 Å². The molecule has 0 fully saturated rings. The molecule has 0 saturated carbocycles. The fourth-order valence-electron chi connectivity index (χ4n) is 3.68. The molecule has 0 unspecified atom stereocenters. The van der Waals surface area contributed by atoms with Gasteiger partial charge in [-0.3, -0.25) is 9.98 Å². The first-order chi connectivity index (χ1) is 20.2. The van der Waals surface area contributed by atoms with Gasteiger partial charge in [0, 0.05) is 37.8 Å². The minimum atomic E-state index is -1.44. The van der Waals surface area contributed by atoms with Crippen LogP contribution in [-0.2, 0) is 20.4 Å². The van der Waals surface area contributed by atoms with Crippen molar-refractivity contribution in [2.45, 2.75) is 87.7 Å². The first-order valence-corrected chi connectivity index (χ1v) is 27.1. The van der Waals surface area contributed by atoms with Crippen molar-refractivity contribution in [3.8, 4) is 22.9 Å². The zero-order chi connectivity index (χ0) is 32.9. The second-order valence-electron chi connectivity index (χ2n) is 12.5. The van der Waals surface area contributed by atoms with Gasteiger partial charge in [0.05, 0.1) is 35.6 Å². The van der Waals surface area contributed by atoms with Crippen molar-refractivity contribution in [2.75, 3.05) is 37.0 Å². The van der Waals surface area contributed by atoms with E-state index in [1.165, 1.54) is 37.0 Å². The summed E-state index contributed by atoms with van der Waals surface area (Å²) < 4.78 is 0. The van der Waals surface area contributed by atoms with Gasteiger partial charge in [0.1, 0.15) is 16.1 Å². The van der Waals surface area contributed by atoms with Crippen molar-refractivity contribution >= 4 is 67.7 Å². The van der Waals surface area contributed by atoms with Gasteiger partial charge < -0.3 is 0 Å². The van der Waals surface area contributed by atoms with Crippen molar-refractivity contribution < 1.29 is 20.4 Å². The molecule has 2 rings (SSSR count). The van der Waals surface area contributed by atoms with Crippen LogP contribution in [0, 0.1) is 22.9 Å². The summed E-state index contributed by atoms with van der Waals surface area (Å²) in [7, 11) is -2.29. The summed E-state index contributed by atoms with van der Waals surface area (Å²) in [6.07, 6.45) is 10.4. The molecule has 45 heavy (non-hydrogen) atoms. The maximum absolute atomic E-state index is 4.74. The summed E-state index contributed by atoms with van der Waals surface area (Å²) in [5.41, 5.74) is 11.3. The molecule has 0 aliphatic rings. The standard InChI is InChI=1S/C25H30N2Si2.2C6H15P.ClH.Pd/c1-21(27-25-15-11-9-13-23(25)17-19-29(5,6)7)20-26-24-14-10-8-12-22(24)16-18-28(2,3)4;2*1-4-7(5-2)6-3;;/h8-15,20H,1-7H3;2*4-6H2,1-3H3;1H;/p+1. The summed E-state index contributed by atoms with van der Waals surface area (Å²) >= 11 is 0. The zero-order valence-electron chi connectivity index (χ0n) is 30.5. The second kappa shape index (κ2) is 27.1. The molecule has 0 N–H and O–H groups in total. The molecule has 0 spiro atoms. The number of rotatable bonds is 9. The van der Waals surface area contributed by atoms with E-state index in [1.807, 2.05) is 55.5 Å². The number of hydrogen-bond acceptors (Lipinski definition) is 2. The Kier molecular flexibility index (Phi) is 29.3. The molecule has 0 amide bonds. The Morgan fingerprint density at radius 1 is 0.689 bits per heavy atom. The molecule has 0 saturated heterocycles. The van der Waals surface area contributed by atoms with Crippen molar-refractivity contribution in [3.05, 3.63) is 59.7 Å². The summed E-state index contributed by atoms with van der Waals surface area (Å²) in [5, 5.41) is 0. The average molecular weight is 795 g/mol. The first kappa shape index (κ1) is 48.5. The minimum absolute atomic E-state index is 0. The SMILES string of the molecule is CC(C=Nc1ccccc1C#C[Si](C)(C)C)=Nc1ccccc1C#C[Si](C)(C)C.CCP(CC)CC.CC[PH+](CC)CC.Cl.[Pd]. The molecule has 0 aliphatic heterocycles. The number of halogens is 1. The molecule has 0 atom stereocenters. The molecule has 0 heterocycles. The Morgan fingerprint density at radius 2 is 1.07 bits per heavy atom. The normalized spacial score (nSPS) is 11.0. The van der Waals surface area contributed by atoms with Gasteiger partial charge in [-0.2, -0.15) is 0 Å². The van der Waals surface area contributed by atoms with E-state index in [0.29, 0.717) is 7.92 Å². The Morgan fingerprint density at radius 3 is 1.40 bits per heavy atom. The smallest absolute Gasteiger partial charge is 0.129 e. The van der Waals surface area contributed by atoms with Crippen LogP contribution < -0.4 is 0 Å². The third-order valence-corrected chi connectivity index (χ3v) is 13.9. The van der Waals surface area contributed by atoms with E-state index in [2.05, 4.69) is 109 Å². The van der Waals surface area contributed by atoms with Crippen LogP contribution in [0.15, 0.2) is 58.5 Å². The first-order valence-electron chi connectivity index (χ1n) is 16.1. The Hall–Kier alpha value is -0.854. The van der Waals surface area contributed by atoms with Gasteiger partial charge in [0.15, 0.2) is 0 Å². The van der Waals surface area contributed by atoms with Gasteiger partial charge in [-0.15, -0.1) is 31.4 Å². The summed E-state index contributed by atoms with van der Waals surface area (Å²) in [5.74, 6) is 6.63.